The summed E-state index contributed by atoms with van der Waals surface area (Å²) in [7, 11) is 0. The molecule has 0 spiro atoms. The minimum absolute atomic E-state index is 0.0279. The summed E-state index contributed by atoms with van der Waals surface area (Å²) in [5, 5.41) is 28.1. The number of carbonyl (C=O) groups is 2. The molecule has 0 bridgehead atoms. The van der Waals surface area contributed by atoms with Crippen LogP contribution in [0, 0.1) is 13.8 Å². The number of aromatic nitrogens is 4. The topological polar surface area (TPSA) is 142 Å². The number of aryl methyl sites for hydroxylation is 1. The van der Waals surface area contributed by atoms with Crippen molar-refractivity contribution in [2.24, 2.45) is 0 Å². The highest BCUT2D eigenvalue weighted by Crippen LogP contribution is 2.32. The van der Waals surface area contributed by atoms with Crippen LogP contribution in [-0.4, -0.2) is 61.0 Å². The molecule has 0 aliphatic heterocycles. The monoisotopic (exact) mass is 620 g/mol. The van der Waals surface area contributed by atoms with Crippen molar-refractivity contribution in [3.8, 4) is 0 Å². The first kappa shape index (κ1) is 29.1. The number of halogens is 4. The predicted molar refractivity (Wildman–Crippen MR) is 143 cm³/mol. The molecule has 4 aromatic rings. The van der Waals surface area contributed by atoms with E-state index >= 15 is 0 Å². The van der Waals surface area contributed by atoms with Crippen LogP contribution in [0.15, 0.2) is 47.1 Å². The lowest BCUT2D eigenvalue weighted by atomic mass is 10.1. The number of rotatable bonds is 8. The van der Waals surface area contributed by atoms with Gasteiger partial charge in [-0.15, -0.1) is 0 Å². The second-order valence-electron chi connectivity index (χ2n) is 8.96. The van der Waals surface area contributed by atoms with Crippen LogP contribution >= 0.6 is 15.9 Å². The van der Waals surface area contributed by atoms with Crippen molar-refractivity contribution in [2.75, 3.05) is 18.5 Å². The summed E-state index contributed by atoms with van der Waals surface area (Å²) in [6.07, 6.45) is -4.45. The molecule has 3 aromatic heterocycles. The van der Waals surface area contributed by atoms with Crippen LogP contribution in [0.4, 0.5) is 18.9 Å². The fourth-order valence-corrected chi connectivity index (χ4v) is 4.29. The van der Waals surface area contributed by atoms with Crippen molar-refractivity contribution >= 4 is 44.3 Å². The number of hydrogen-bond acceptors (Lipinski definition) is 7. The van der Waals surface area contributed by atoms with Gasteiger partial charge in [0.2, 0.25) is 0 Å². The maximum absolute atomic E-state index is 13.5. The van der Waals surface area contributed by atoms with E-state index < -0.39 is 36.4 Å². The van der Waals surface area contributed by atoms with Gasteiger partial charge < -0.3 is 20.8 Å². The molecule has 2 amide bonds. The Balaban J connectivity index is 1.55. The van der Waals surface area contributed by atoms with Gasteiger partial charge in [-0.2, -0.15) is 18.3 Å². The number of fused-ring (bicyclic) bond motifs is 1. The number of pyridine rings is 2. The van der Waals surface area contributed by atoms with E-state index in [1.54, 1.807) is 36.7 Å². The van der Waals surface area contributed by atoms with Crippen molar-refractivity contribution in [3.63, 3.8) is 0 Å². The van der Waals surface area contributed by atoms with Crippen LogP contribution in [0.25, 0.3) is 10.9 Å². The molecule has 10 nitrogen and oxygen atoms in total. The van der Waals surface area contributed by atoms with Gasteiger partial charge in [-0.3, -0.25) is 19.3 Å². The Hall–Kier alpha value is -3.88. The minimum Gasteiger partial charge on any atom is -0.394 e. The van der Waals surface area contributed by atoms with Crippen molar-refractivity contribution in [1.29, 1.82) is 0 Å². The van der Waals surface area contributed by atoms with Crippen LogP contribution in [0.5, 0.6) is 0 Å². The number of amides is 2. The number of carbonyl (C=O) groups excluding carboxylic acids is 2. The Labute approximate surface area is 234 Å². The fourth-order valence-electron chi connectivity index (χ4n) is 3.93. The van der Waals surface area contributed by atoms with E-state index in [1.165, 1.54) is 18.3 Å². The average Bonchev–Trinajstić information content (AvgIpc) is 3.17. The summed E-state index contributed by atoms with van der Waals surface area (Å²) in [5.74, 6) is -1.21. The second kappa shape index (κ2) is 11.7. The first-order valence-corrected chi connectivity index (χ1v) is 12.7. The van der Waals surface area contributed by atoms with Crippen molar-refractivity contribution in [3.05, 3.63) is 81.0 Å². The lowest BCUT2D eigenvalue weighted by Crippen LogP contribution is -2.33. The van der Waals surface area contributed by atoms with E-state index in [4.69, 9.17) is 5.11 Å². The van der Waals surface area contributed by atoms with E-state index in [0.29, 0.717) is 27.2 Å². The molecule has 3 heterocycles. The maximum atomic E-state index is 13.5. The summed E-state index contributed by atoms with van der Waals surface area (Å²) in [5.41, 5.74) is 0.802. The van der Waals surface area contributed by atoms with Crippen molar-refractivity contribution < 1.29 is 33.0 Å². The Morgan fingerprint density at radius 3 is 2.52 bits per heavy atom. The lowest BCUT2D eigenvalue weighted by molar-refractivity contribution is -0.141. The van der Waals surface area contributed by atoms with Crippen LogP contribution in [-0.2, 0) is 12.7 Å². The van der Waals surface area contributed by atoms with Crippen molar-refractivity contribution in [1.82, 2.24) is 25.1 Å². The van der Waals surface area contributed by atoms with Crippen molar-refractivity contribution in [2.45, 2.75) is 32.7 Å². The SMILES string of the molecule is Cc1nn(Cc2ccc(C(=O)NCC(O)CO)cn2)c(C)c1NC(=O)c1cc(C(F)(F)F)nc2ccc(Br)cc12. The minimum atomic E-state index is -4.74. The first-order valence-electron chi connectivity index (χ1n) is 11.9. The molecule has 0 radical (unpaired) electrons. The van der Waals surface area contributed by atoms with Gasteiger partial charge in [-0.05, 0) is 50.2 Å². The number of hydrogen-bond donors (Lipinski definition) is 4. The Kier molecular flexibility index (Phi) is 8.51. The number of aliphatic hydroxyl groups is 2. The van der Waals surface area contributed by atoms with Crippen LogP contribution < -0.4 is 10.6 Å². The van der Waals surface area contributed by atoms with E-state index in [-0.39, 0.29) is 35.1 Å². The van der Waals surface area contributed by atoms with Gasteiger partial charge in [0.25, 0.3) is 11.8 Å². The van der Waals surface area contributed by atoms with Gasteiger partial charge in [-0.25, -0.2) is 4.98 Å². The third kappa shape index (κ3) is 6.46. The van der Waals surface area contributed by atoms with E-state index in [0.717, 1.165) is 6.07 Å². The molecule has 0 aliphatic rings. The van der Waals surface area contributed by atoms with E-state index in [1.807, 2.05) is 0 Å². The summed E-state index contributed by atoms with van der Waals surface area (Å²) in [6, 6.07) is 8.37. The molecule has 1 unspecified atom stereocenters. The van der Waals surface area contributed by atoms with Gasteiger partial charge in [0, 0.05) is 22.6 Å². The van der Waals surface area contributed by atoms with Gasteiger partial charge in [0.05, 0.1) is 58.7 Å². The molecule has 40 heavy (non-hydrogen) atoms. The highest BCUT2D eigenvalue weighted by atomic mass is 79.9. The largest absolute Gasteiger partial charge is 0.433 e. The molecule has 4 N–H and O–H groups in total. The number of benzene rings is 1. The van der Waals surface area contributed by atoms with Gasteiger partial charge in [0.1, 0.15) is 5.69 Å². The molecule has 1 atom stereocenters. The summed E-state index contributed by atoms with van der Waals surface area (Å²) in [4.78, 5) is 33.4. The van der Waals surface area contributed by atoms with Gasteiger partial charge in [0.15, 0.2) is 0 Å². The second-order valence-corrected chi connectivity index (χ2v) is 9.87. The number of nitrogens with one attached hydrogen (secondary N) is 2. The molecule has 0 fully saturated rings. The normalized spacial score (nSPS) is 12.4. The van der Waals surface area contributed by atoms with E-state index in [9.17, 15) is 27.9 Å². The molecule has 4 rings (SSSR count). The van der Waals surface area contributed by atoms with Crippen LogP contribution in [0.2, 0.25) is 0 Å². The first-order chi connectivity index (χ1) is 18.9. The zero-order valence-corrected chi connectivity index (χ0v) is 22.8. The standard InChI is InChI=1S/C26H24BrF3N6O4/c1-13-23(34-25(40)20-8-22(26(28,29)30)33-21-6-4-16(27)7-19(20)21)14(2)36(35-13)11-17-5-3-15(9-31-17)24(39)32-10-18(38)12-37/h3-9,18,37-38H,10-12H2,1-2H3,(H,32,39)(H,34,40). The number of alkyl halides is 3. The fraction of sp³-hybridized carbons (Fsp3) is 0.269. The summed E-state index contributed by atoms with van der Waals surface area (Å²) in [6.45, 7) is 2.96. The van der Waals surface area contributed by atoms with Crippen LogP contribution in [0.3, 0.4) is 0 Å². The smallest absolute Gasteiger partial charge is 0.394 e. The predicted octanol–water partition coefficient (Wildman–Crippen LogP) is 3.61. The number of aliphatic hydroxyl groups excluding tert-OH is 2. The molecular weight excluding hydrogens is 597 g/mol. The zero-order chi connectivity index (χ0) is 29.2. The number of nitrogens with zero attached hydrogens (tertiary/aromatic N) is 4. The zero-order valence-electron chi connectivity index (χ0n) is 21.3. The average molecular weight is 621 g/mol. The molecule has 0 aliphatic carbocycles. The molecule has 210 valence electrons. The Morgan fingerprint density at radius 1 is 1.12 bits per heavy atom. The molecule has 14 heteroatoms. The van der Waals surface area contributed by atoms with E-state index in [2.05, 4.69) is 41.6 Å². The third-order valence-corrected chi connectivity index (χ3v) is 6.53. The molecule has 1 aromatic carbocycles. The molecule has 0 saturated carbocycles. The van der Waals surface area contributed by atoms with Gasteiger partial charge in [-0.1, -0.05) is 15.9 Å². The highest BCUT2D eigenvalue weighted by Gasteiger charge is 2.34. The lowest BCUT2D eigenvalue weighted by Gasteiger charge is -2.13. The highest BCUT2D eigenvalue weighted by molar-refractivity contribution is 9.10. The maximum Gasteiger partial charge on any atom is 0.433 e. The Bertz CT molecular complexity index is 1570. The molecular formula is C26H24BrF3N6O4. The molecule has 0 saturated heterocycles. The third-order valence-electron chi connectivity index (χ3n) is 6.03. The Morgan fingerprint density at radius 2 is 1.88 bits per heavy atom. The number of anilines is 1. The summed E-state index contributed by atoms with van der Waals surface area (Å²) >= 11 is 3.28. The quantitative estimate of drug-likeness (QED) is 0.236. The van der Waals surface area contributed by atoms with Gasteiger partial charge >= 0.3 is 6.18 Å². The summed E-state index contributed by atoms with van der Waals surface area (Å²) < 4.78 is 42.6. The van der Waals surface area contributed by atoms with Crippen LogP contribution in [0.1, 0.15) is 43.5 Å².